The fraction of sp³-hybridized carbons (Fsp3) is 0.538. The molecule has 1 heterocycles. The lowest BCUT2D eigenvalue weighted by molar-refractivity contribution is -0.139. The zero-order valence-corrected chi connectivity index (χ0v) is 11.6. The Kier molecular flexibility index (Phi) is 4.42. The summed E-state index contributed by atoms with van der Waals surface area (Å²) in [6.45, 7) is 2.52. The molecule has 19 heavy (non-hydrogen) atoms. The van der Waals surface area contributed by atoms with E-state index >= 15 is 0 Å². The predicted octanol–water partition coefficient (Wildman–Crippen LogP) is 1.97. The zero-order valence-electron chi connectivity index (χ0n) is 10.8. The van der Waals surface area contributed by atoms with E-state index in [4.69, 9.17) is 5.11 Å². The first kappa shape index (κ1) is 13.9. The number of hydrogen-bond acceptors (Lipinski definition) is 3. The number of aryl methyl sites for hydroxylation is 1. The molecule has 1 aliphatic rings. The van der Waals surface area contributed by atoms with E-state index in [-0.39, 0.29) is 5.92 Å². The third kappa shape index (κ3) is 3.96. The van der Waals surface area contributed by atoms with E-state index in [0.29, 0.717) is 6.54 Å². The van der Waals surface area contributed by atoms with Gasteiger partial charge in [0.1, 0.15) is 6.04 Å². The quantitative estimate of drug-likeness (QED) is 0.746. The Hall–Kier alpha value is -1.56. The fourth-order valence-electron chi connectivity index (χ4n) is 1.88. The van der Waals surface area contributed by atoms with Crippen LogP contribution in [0.4, 0.5) is 4.79 Å². The number of nitrogens with one attached hydrogen (secondary N) is 2. The monoisotopic (exact) mass is 282 g/mol. The summed E-state index contributed by atoms with van der Waals surface area (Å²) < 4.78 is 0. The van der Waals surface area contributed by atoms with Crippen LogP contribution in [0.1, 0.15) is 29.5 Å². The summed E-state index contributed by atoms with van der Waals surface area (Å²) in [5.41, 5.74) is 0. The van der Waals surface area contributed by atoms with Gasteiger partial charge >= 0.3 is 12.0 Å². The van der Waals surface area contributed by atoms with Gasteiger partial charge in [0, 0.05) is 9.75 Å². The van der Waals surface area contributed by atoms with Crippen molar-refractivity contribution < 1.29 is 14.7 Å². The Morgan fingerprint density at radius 2 is 2.11 bits per heavy atom. The molecule has 1 aromatic heterocycles. The van der Waals surface area contributed by atoms with Crippen molar-refractivity contribution in [2.75, 3.05) is 0 Å². The molecule has 1 aliphatic carbocycles. The van der Waals surface area contributed by atoms with Crippen LogP contribution in [0.5, 0.6) is 0 Å². The summed E-state index contributed by atoms with van der Waals surface area (Å²) in [6, 6.07) is 2.86. The predicted molar refractivity (Wildman–Crippen MR) is 73.2 cm³/mol. The van der Waals surface area contributed by atoms with Crippen LogP contribution in [0, 0.1) is 5.92 Å². The summed E-state index contributed by atoms with van der Waals surface area (Å²) in [6.07, 6.45) is 2.74. The van der Waals surface area contributed by atoms with Crippen molar-refractivity contribution in [2.24, 2.45) is 5.92 Å². The lowest BCUT2D eigenvalue weighted by Gasteiger charge is -2.13. The molecule has 6 heteroatoms. The standard InChI is InChI=1S/C13H18N2O3S/c1-2-9-5-6-10(19-9)7-14-13(18)15-11(12(16)17)8-3-4-8/h5-6,8,11H,2-4,7H2,1H3,(H,16,17)(H2,14,15,18). The third-order valence-corrected chi connectivity index (χ3v) is 4.36. The van der Waals surface area contributed by atoms with Crippen LogP contribution >= 0.6 is 11.3 Å². The number of aliphatic carboxylic acids is 1. The Morgan fingerprint density at radius 1 is 1.42 bits per heavy atom. The van der Waals surface area contributed by atoms with Crippen molar-refractivity contribution in [1.82, 2.24) is 10.6 Å². The summed E-state index contributed by atoms with van der Waals surface area (Å²) >= 11 is 1.66. The zero-order chi connectivity index (χ0) is 13.8. The van der Waals surface area contributed by atoms with Crippen LogP contribution in [0.25, 0.3) is 0 Å². The van der Waals surface area contributed by atoms with Crippen molar-refractivity contribution >= 4 is 23.3 Å². The second kappa shape index (κ2) is 6.06. The van der Waals surface area contributed by atoms with Crippen molar-refractivity contribution in [3.8, 4) is 0 Å². The largest absolute Gasteiger partial charge is 0.480 e. The minimum atomic E-state index is -0.956. The molecule has 1 fully saturated rings. The van der Waals surface area contributed by atoms with E-state index in [1.807, 2.05) is 12.1 Å². The van der Waals surface area contributed by atoms with Gasteiger partial charge in [0.25, 0.3) is 0 Å². The molecule has 0 radical (unpaired) electrons. The molecule has 1 unspecified atom stereocenters. The number of carbonyl (C=O) groups excluding carboxylic acids is 1. The van der Waals surface area contributed by atoms with E-state index in [1.54, 1.807) is 11.3 Å². The van der Waals surface area contributed by atoms with Crippen molar-refractivity contribution in [2.45, 2.75) is 38.8 Å². The molecule has 5 nitrogen and oxygen atoms in total. The number of carboxylic acid groups (broad SMARTS) is 1. The Balaban J connectivity index is 1.78. The number of urea groups is 1. The lowest BCUT2D eigenvalue weighted by Crippen LogP contribution is -2.46. The molecule has 0 bridgehead atoms. The maximum Gasteiger partial charge on any atom is 0.326 e. The van der Waals surface area contributed by atoms with E-state index in [9.17, 15) is 9.59 Å². The first-order chi connectivity index (χ1) is 9.10. The van der Waals surface area contributed by atoms with Crippen molar-refractivity contribution in [3.05, 3.63) is 21.9 Å². The minimum absolute atomic E-state index is 0.0941. The Morgan fingerprint density at radius 3 is 2.63 bits per heavy atom. The van der Waals surface area contributed by atoms with Crippen LogP contribution in [-0.4, -0.2) is 23.1 Å². The average Bonchev–Trinajstić information content (AvgIpc) is 3.11. The highest BCUT2D eigenvalue weighted by molar-refractivity contribution is 7.11. The highest BCUT2D eigenvalue weighted by atomic mass is 32.1. The van der Waals surface area contributed by atoms with Crippen LogP contribution in [-0.2, 0) is 17.8 Å². The second-order valence-corrected chi connectivity index (χ2v) is 5.95. The van der Waals surface area contributed by atoms with Gasteiger partial charge in [-0.05, 0) is 37.3 Å². The summed E-state index contributed by atoms with van der Waals surface area (Å²) in [4.78, 5) is 25.0. The van der Waals surface area contributed by atoms with Gasteiger partial charge in [-0.3, -0.25) is 0 Å². The molecular weight excluding hydrogens is 264 g/mol. The molecule has 0 aromatic carbocycles. The van der Waals surface area contributed by atoms with E-state index in [2.05, 4.69) is 17.6 Å². The first-order valence-corrected chi connectivity index (χ1v) is 7.26. The van der Waals surface area contributed by atoms with Crippen molar-refractivity contribution in [3.63, 3.8) is 0 Å². The van der Waals surface area contributed by atoms with Gasteiger partial charge in [-0.1, -0.05) is 6.92 Å². The van der Waals surface area contributed by atoms with Crippen LogP contribution < -0.4 is 10.6 Å². The lowest BCUT2D eigenvalue weighted by atomic mass is 10.2. The van der Waals surface area contributed by atoms with Crippen LogP contribution in [0.15, 0.2) is 12.1 Å². The number of thiophene rings is 1. The summed E-state index contributed by atoms with van der Waals surface area (Å²) in [5.74, 6) is -0.862. The summed E-state index contributed by atoms with van der Waals surface area (Å²) in [7, 11) is 0. The smallest absolute Gasteiger partial charge is 0.326 e. The van der Waals surface area contributed by atoms with Crippen LogP contribution in [0.2, 0.25) is 0 Å². The molecule has 0 aliphatic heterocycles. The molecule has 3 N–H and O–H groups in total. The Bertz CT molecular complexity index is 468. The van der Waals surface area contributed by atoms with Gasteiger partial charge in [0.2, 0.25) is 0 Å². The van der Waals surface area contributed by atoms with Gasteiger partial charge in [0.05, 0.1) is 6.54 Å². The van der Waals surface area contributed by atoms with Crippen LogP contribution in [0.3, 0.4) is 0 Å². The normalized spacial score (nSPS) is 15.8. The number of amides is 2. The topological polar surface area (TPSA) is 78.4 Å². The van der Waals surface area contributed by atoms with Gasteiger partial charge < -0.3 is 15.7 Å². The van der Waals surface area contributed by atoms with Gasteiger partial charge in [0.15, 0.2) is 0 Å². The Labute approximate surface area is 116 Å². The third-order valence-electron chi connectivity index (χ3n) is 3.14. The second-order valence-electron chi connectivity index (χ2n) is 4.70. The molecular formula is C13H18N2O3S. The molecule has 2 amide bonds. The molecule has 2 rings (SSSR count). The molecule has 0 spiro atoms. The van der Waals surface area contributed by atoms with E-state index < -0.39 is 18.0 Å². The highest BCUT2D eigenvalue weighted by Crippen LogP contribution is 2.32. The average molecular weight is 282 g/mol. The summed E-state index contributed by atoms with van der Waals surface area (Å²) in [5, 5.41) is 14.2. The van der Waals surface area contributed by atoms with Gasteiger partial charge in [-0.15, -0.1) is 11.3 Å². The van der Waals surface area contributed by atoms with Crippen molar-refractivity contribution in [1.29, 1.82) is 0 Å². The van der Waals surface area contributed by atoms with E-state index in [1.165, 1.54) is 4.88 Å². The van der Waals surface area contributed by atoms with Gasteiger partial charge in [-0.2, -0.15) is 0 Å². The first-order valence-electron chi connectivity index (χ1n) is 6.45. The molecule has 1 aromatic rings. The molecule has 1 atom stereocenters. The number of carbonyl (C=O) groups is 2. The number of hydrogen-bond donors (Lipinski definition) is 3. The maximum absolute atomic E-state index is 11.7. The highest BCUT2D eigenvalue weighted by Gasteiger charge is 2.37. The SMILES string of the molecule is CCc1ccc(CNC(=O)NC(C(=O)O)C2CC2)s1. The maximum atomic E-state index is 11.7. The molecule has 104 valence electrons. The number of rotatable bonds is 6. The molecule has 1 saturated carbocycles. The molecule has 0 saturated heterocycles. The minimum Gasteiger partial charge on any atom is -0.480 e. The van der Waals surface area contributed by atoms with Gasteiger partial charge in [-0.25, -0.2) is 9.59 Å². The van der Waals surface area contributed by atoms with E-state index in [0.717, 1.165) is 24.1 Å². The number of carboxylic acids is 1. The fourth-order valence-corrected chi connectivity index (χ4v) is 2.78.